The van der Waals surface area contributed by atoms with E-state index in [9.17, 15) is 8.78 Å². The smallest absolute Gasteiger partial charge is 0.155 e. The van der Waals surface area contributed by atoms with Crippen LogP contribution in [0.25, 0.3) is 0 Å². The summed E-state index contributed by atoms with van der Waals surface area (Å²) in [6.07, 6.45) is 1.98. The quantitative estimate of drug-likeness (QED) is 0.800. The van der Waals surface area contributed by atoms with Gasteiger partial charge in [0.05, 0.1) is 0 Å². The standard InChI is InChI=1S/C12H15F2N5/c13-10-4-3-9(11(14)8-10)7-12-16-17-18-19(12)6-2-1-5-15/h3-4,8H,1-2,5-7,15H2. The Bertz CT molecular complexity index is 541. The normalized spacial score (nSPS) is 10.9. The third-order valence-electron chi connectivity index (χ3n) is 2.79. The van der Waals surface area contributed by atoms with E-state index in [0.717, 1.165) is 18.9 Å². The zero-order valence-corrected chi connectivity index (χ0v) is 10.4. The van der Waals surface area contributed by atoms with Crippen LogP contribution in [0.4, 0.5) is 8.78 Å². The fraction of sp³-hybridized carbons (Fsp3) is 0.417. The molecule has 0 spiro atoms. The number of nitrogens with zero attached hydrogens (tertiary/aromatic N) is 4. The van der Waals surface area contributed by atoms with Gasteiger partial charge in [-0.25, -0.2) is 13.5 Å². The number of benzene rings is 1. The zero-order valence-electron chi connectivity index (χ0n) is 10.4. The maximum Gasteiger partial charge on any atom is 0.155 e. The van der Waals surface area contributed by atoms with Gasteiger partial charge in [-0.1, -0.05) is 6.07 Å². The van der Waals surface area contributed by atoms with Crippen LogP contribution in [-0.4, -0.2) is 26.8 Å². The van der Waals surface area contributed by atoms with Gasteiger partial charge in [-0.05, 0) is 41.4 Å². The number of unbranched alkanes of at least 4 members (excludes halogenated alkanes) is 1. The molecule has 2 N–H and O–H groups in total. The number of aromatic nitrogens is 4. The third kappa shape index (κ3) is 3.54. The summed E-state index contributed by atoms with van der Waals surface area (Å²) in [5, 5.41) is 11.3. The molecule has 0 unspecified atom stereocenters. The molecule has 7 heteroatoms. The molecule has 0 bridgehead atoms. The van der Waals surface area contributed by atoms with Gasteiger partial charge in [-0.2, -0.15) is 0 Å². The number of nitrogens with two attached hydrogens (primary N) is 1. The SMILES string of the molecule is NCCCCn1nnnc1Cc1ccc(F)cc1F. The molecule has 2 rings (SSSR count). The topological polar surface area (TPSA) is 69.6 Å². The van der Waals surface area contributed by atoms with Gasteiger partial charge in [-0.15, -0.1) is 5.10 Å². The van der Waals surface area contributed by atoms with Gasteiger partial charge in [0.1, 0.15) is 11.6 Å². The van der Waals surface area contributed by atoms with Gasteiger partial charge in [0.25, 0.3) is 0 Å². The highest BCUT2D eigenvalue weighted by Crippen LogP contribution is 2.13. The highest BCUT2D eigenvalue weighted by atomic mass is 19.1. The van der Waals surface area contributed by atoms with Gasteiger partial charge < -0.3 is 5.73 Å². The summed E-state index contributed by atoms with van der Waals surface area (Å²) < 4.78 is 28.0. The fourth-order valence-corrected chi connectivity index (χ4v) is 1.76. The monoisotopic (exact) mass is 267 g/mol. The van der Waals surface area contributed by atoms with Crippen LogP contribution in [0.2, 0.25) is 0 Å². The average Bonchev–Trinajstić information content (AvgIpc) is 2.81. The Morgan fingerprint density at radius 3 is 2.79 bits per heavy atom. The maximum atomic E-state index is 13.5. The van der Waals surface area contributed by atoms with E-state index >= 15 is 0 Å². The van der Waals surface area contributed by atoms with Gasteiger partial charge in [-0.3, -0.25) is 0 Å². The van der Waals surface area contributed by atoms with Crippen molar-refractivity contribution in [3.05, 3.63) is 41.2 Å². The summed E-state index contributed by atoms with van der Waals surface area (Å²) in [5.74, 6) is -0.622. The third-order valence-corrected chi connectivity index (χ3v) is 2.79. The van der Waals surface area contributed by atoms with Crippen LogP contribution in [0.5, 0.6) is 0 Å². The number of hydrogen-bond acceptors (Lipinski definition) is 4. The second-order valence-electron chi connectivity index (χ2n) is 4.23. The van der Waals surface area contributed by atoms with E-state index < -0.39 is 11.6 Å². The maximum absolute atomic E-state index is 13.5. The van der Waals surface area contributed by atoms with Crippen molar-refractivity contribution in [1.82, 2.24) is 20.2 Å². The van der Waals surface area contributed by atoms with Gasteiger partial charge >= 0.3 is 0 Å². The number of rotatable bonds is 6. The van der Waals surface area contributed by atoms with Crippen molar-refractivity contribution < 1.29 is 8.78 Å². The minimum atomic E-state index is -0.594. The summed E-state index contributed by atoms with van der Waals surface area (Å²) >= 11 is 0. The molecule has 0 aliphatic carbocycles. The Labute approximate surface area is 109 Å². The van der Waals surface area contributed by atoms with Crippen molar-refractivity contribution in [1.29, 1.82) is 0 Å². The molecule has 0 aliphatic heterocycles. The van der Waals surface area contributed by atoms with Gasteiger partial charge in [0.2, 0.25) is 0 Å². The Balaban J connectivity index is 2.08. The van der Waals surface area contributed by atoms with E-state index in [2.05, 4.69) is 15.5 Å². The lowest BCUT2D eigenvalue weighted by atomic mass is 10.1. The summed E-state index contributed by atoms with van der Waals surface area (Å²) in [6, 6.07) is 3.49. The molecule has 1 heterocycles. The Morgan fingerprint density at radius 1 is 1.21 bits per heavy atom. The van der Waals surface area contributed by atoms with Crippen LogP contribution in [0.1, 0.15) is 24.2 Å². The molecule has 102 valence electrons. The minimum absolute atomic E-state index is 0.238. The van der Waals surface area contributed by atoms with Crippen LogP contribution in [0.3, 0.4) is 0 Å². The van der Waals surface area contributed by atoms with Crippen molar-refractivity contribution in [3.63, 3.8) is 0 Å². The van der Waals surface area contributed by atoms with Crippen LogP contribution >= 0.6 is 0 Å². The molecular weight excluding hydrogens is 252 g/mol. The summed E-state index contributed by atoms with van der Waals surface area (Å²) in [6.45, 7) is 1.26. The highest BCUT2D eigenvalue weighted by Gasteiger charge is 2.10. The first-order valence-electron chi connectivity index (χ1n) is 6.09. The van der Waals surface area contributed by atoms with E-state index in [1.807, 2.05) is 0 Å². The lowest BCUT2D eigenvalue weighted by Crippen LogP contribution is -2.09. The Morgan fingerprint density at radius 2 is 2.05 bits per heavy atom. The molecule has 0 radical (unpaired) electrons. The predicted molar refractivity (Wildman–Crippen MR) is 65.3 cm³/mol. The molecule has 5 nitrogen and oxygen atoms in total. The number of tetrazole rings is 1. The number of aryl methyl sites for hydroxylation is 1. The van der Waals surface area contributed by atoms with Crippen molar-refractivity contribution in [2.75, 3.05) is 6.54 Å². The van der Waals surface area contributed by atoms with Crippen LogP contribution < -0.4 is 5.73 Å². The molecule has 2 aromatic rings. The van der Waals surface area contributed by atoms with Gasteiger partial charge in [0, 0.05) is 19.0 Å². The van der Waals surface area contributed by atoms with E-state index in [1.54, 1.807) is 4.68 Å². The zero-order chi connectivity index (χ0) is 13.7. The molecule has 1 aromatic heterocycles. The largest absolute Gasteiger partial charge is 0.330 e. The van der Waals surface area contributed by atoms with Crippen molar-refractivity contribution in [2.24, 2.45) is 5.73 Å². The molecule has 0 saturated heterocycles. The predicted octanol–water partition coefficient (Wildman–Crippen LogP) is 1.28. The molecule has 0 fully saturated rings. The Hall–Kier alpha value is -1.89. The van der Waals surface area contributed by atoms with Crippen LogP contribution in [-0.2, 0) is 13.0 Å². The van der Waals surface area contributed by atoms with E-state index in [0.29, 0.717) is 24.5 Å². The van der Waals surface area contributed by atoms with Crippen molar-refractivity contribution in [3.8, 4) is 0 Å². The Kier molecular flexibility index (Phi) is 4.51. The van der Waals surface area contributed by atoms with Crippen molar-refractivity contribution in [2.45, 2.75) is 25.8 Å². The molecule has 0 aliphatic rings. The fourth-order valence-electron chi connectivity index (χ4n) is 1.76. The first kappa shape index (κ1) is 13.5. The second-order valence-corrected chi connectivity index (χ2v) is 4.23. The lowest BCUT2D eigenvalue weighted by Gasteiger charge is -2.05. The molecule has 19 heavy (non-hydrogen) atoms. The molecule has 0 atom stereocenters. The van der Waals surface area contributed by atoms with Gasteiger partial charge in [0.15, 0.2) is 5.82 Å². The first-order valence-corrected chi connectivity index (χ1v) is 6.09. The minimum Gasteiger partial charge on any atom is -0.330 e. The molecular formula is C12H15F2N5. The molecule has 1 aromatic carbocycles. The van der Waals surface area contributed by atoms with E-state index in [4.69, 9.17) is 5.73 Å². The molecule has 0 saturated carbocycles. The number of halogens is 2. The molecule has 0 amide bonds. The van der Waals surface area contributed by atoms with E-state index in [-0.39, 0.29) is 6.42 Å². The summed E-state index contributed by atoms with van der Waals surface area (Å²) in [7, 11) is 0. The van der Waals surface area contributed by atoms with E-state index in [1.165, 1.54) is 12.1 Å². The lowest BCUT2D eigenvalue weighted by molar-refractivity contribution is 0.525. The highest BCUT2D eigenvalue weighted by molar-refractivity contribution is 5.21. The van der Waals surface area contributed by atoms with Crippen LogP contribution in [0, 0.1) is 11.6 Å². The first-order chi connectivity index (χ1) is 9.20. The average molecular weight is 267 g/mol. The number of hydrogen-bond donors (Lipinski definition) is 1. The van der Waals surface area contributed by atoms with Crippen molar-refractivity contribution >= 4 is 0 Å². The second kappa shape index (κ2) is 6.33. The van der Waals surface area contributed by atoms with Crippen LogP contribution in [0.15, 0.2) is 18.2 Å². The summed E-state index contributed by atoms with van der Waals surface area (Å²) in [4.78, 5) is 0. The summed E-state index contributed by atoms with van der Waals surface area (Å²) in [5.41, 5.74) is 5.79.